The van der Waals surface area contributed by atoms with Crippen LogP contribution in [0.2, 0.25) is 0 Å². The predicted octanol–water partition coefficient (Wildman–Crippen LogP) is 5.96. The summed E-state index contributed by atoms with van der Waals surface area (Å²) in [5, 5.41) is 11.3. The van der Waals surface area contributed by atoms with Crippen LogP contribution >= 0.6 is 0 Å². The van der Waals surface area contributed by atoms with Gasteiger partial charge in [-0.05, 0) is 35.9 Å². The Morgan fingerprint density at radius 1 is 0.793 bits per heavy atom. The number of halogens is 3. The number of hydrogen-bond acceptors (Lipinski definition) is 4. The first-order valence-corrected chi connectivity index (χ1v) is 8.88. The molecule has 4 rings (SSSR count). The van der Waals surface area contributed by atoms with Gasteiger partial charge in [0, 0.05) is 11.3 Å². The minimum absolute atomic E-state index is 0.257. The summed E-state index contributed by atoms with van der Waals surface area (Å²) >= 11 is 0. The molecule has 1 heterocycles. The lowest BCUT2D eigenvalue weighted by Crippen LogP contribution is -2.14. The third-order valence-electron chi connectivity index (χ3n) is 4.34. The van der Waals surface area contributed by atoms with Gasteiger partial charge in [-0.25, -0.2) is 0 Å². The van der Waals surface area contributed by atoms with E-state index >= 15 is 0 Å². The average Bonchev–Trinajstić information content (AvgIpc) is 3.23. The monoisotopic (exact) mass is 395 g/mol. The minimum atomic E-state index is -4.43. The average molecular weight is 395 g/mol. The van der Waals surface area contributed by atoms with Crippen LogP contribution in [0.3, 0.4) is 0 Å². The first-order valence-electron chi connectivity index (χ1n) is 8.88. The zero-order valence-corrected chi connectivity index (χ0v) is 15.1. The zero-order chi connectivity index (χ0) is 20.3. The van der Waals surface area contributed by atoms with Gasteiger partial charge in [-0.3, -0.25) is 0 Å². The summed E-state index contributed by atoms with van der Waals surface area (Å²) < 4.78 is 45.1. The van der Waals surface area contributed by atoms with Gasteiger partial charge < -0.3 is 9.73 Å². The molecule has 0 amide bonds. The largest absolute Gasteiger partial charge is 0.418 e. The van der Waals surface area contributed by atoms with Crippen molar-refractivity contribution in [1.29, 1.82) is 0 Å². The van der Waals surface area contributed by atoms with Crippen LogP contribution in [0.4, 0.5) is 18.9 Å². The van der Waals surface area contributed by atoms with Crippen LogP contribution < -0.4 is 5.32 Å². The van der Waals surface area contributed by atoms with Crippen molar-refractivity contribution in [2.24, 2.45) is 0 Å². The van der Waals surface area contributed by atoms with Crippen LogP contribution in [0, 0.1) is 0 Å². The minimum Gasteiger partial charge on any atom is -0.418 e. The molecule has 4 nitrogen and oxygen atoms in total. The number of rotatable bonds is 5. The summed E-state index contributed by atoms with van der Waals surface area (Å²) in [6.07, 6.45) is -4.43. The molecule has 0 saturated carbocycles. The highest BCUT2D eigenvalue weighted by molar-refractivity contribution is 5.53. The van der Waals surface area contributed by atoms with E-state index in [0.29, 0.717) is 11.6 Å². The van der Waals surface area contributed by atoms with Crippen molar-refractivity contribution in [3.63, 3.8) is 0 Å². The maximum atomic E-state index is 13.1. The second-order valence-corrected chi connectivity index (χ2v) is 6.38. The van der Waals surface area contributed by atoms with Crippen molar-refractivity contribution >= 4 is 5.69 Å². The summed E-state index contributed by atoms with van der Waals surface area (Å²) in [5.41, 5.74) is 1.11. The van der Waals surface area contributed by atoms with Gasteiger partial charge in [0.05, 0.1) is 5.56 Å². The van der Waals surface area contributed by atoms with E-state index in [9.17, 15) is 13.2 Å². The third-order valence-corrected chi connectivity index (χ3v) is 4.34. The Labute approximate surface area is 165 Å². The van der Waals surface area contributed by atoms with Crippen molar-refractivity contribution in [3.05, 3.63) is 102 Å². The van der Waals surface area contributed by atoms with Crippen LogP contribution in [-0.2, 0) is 6.18 Å². The van der Waals surface area contributed by atoms with E-state index in [1.807, 2.05) is 60.7 Å². The molecule has 7 heteroatoms. The van der Waals surface area contributed by atoms with Gasteiger partial charge in [0.25, 0.3) is 0 Å². The van der Waals surface area contributed by atoms with E-state index in [1.165, 1.54) is 6.07 Å². The van der Waals surface area contributed by atoms with E-state index in [-0.39, 0.29) is 5.89 Å². The summed E-state index contributed by atoms with van der Waals surface area (Å²) in [7, 11) is 0. The summed E-state index contributed by atoms with van der Waals surface area (Å²) in [4.78, 5) is 0. The molecule has 1 unspecified atom stereocenters. The maximum Gasteiger partial charge on any atom is 0.416 e. The van der Waals surface area contributed by atoms with Crippen LogP contribution in [0.5, 0.6) is 0 Å². The molecule has 146 valence electrons. The lowest BCUT2D eigenvalue weighted by molar-refractivity contribution is -0.137. The molecule has 0 aliphatic rings. The van der Waals surface area contributed by atoms with Gasteiger partial charge in [-0.1, -0.05) is 54.6 Å². The van der Waals surface area contributed by atoms with Crippen LogP contribution in [0.1, 0.15) is 23.1 Å². The molecule has 29 heavy (non-hydrogen) atoms. The van der Waals surface area contributed by atoms with Crippen molar-refractivity contribution in [3.8, 4) is 11.5 Å². The normalized spacial score (nSPS) is 12.5. The SMILES string of the molecule is FC(F)(F)c1cccc(NC(c2ccccc2)c2nnc(-c3ccccc3)o2)c1. The molecule has 0 bridgehead atoms. The Morgan fingerprint density at radius 3 is 2.17 bits per heavy atom. The van der Waals surface area contributed by atoms with Gasteiger partial charge in [-0.15, -0.1) is 10.2 Å². The molecular weight excluding hydrogens is 379 g/mol. The lowest BCUT2D eigenvalue weighted by Gasteiger charge is -2.18. The van der Waals surface area contributed by atoms with Gasteiger partial charge >= 0.3 is 6.18 Å². The molecule has 0 fully saturated rings. The van der Waals surface area contributed by atoms with Crippen molar-refractivity contribution in [2.75, 3.05) is 5.32 Å². The van der Waals surface area contributed by atoms with Crippen molar-refractivity contribution in [2.45, 2.75) is 12.2 Å². The first kappa shape index (κ1) is 18.7. The molecule has 4 aromatic rings. The number of nitrogens with zero attached hydrogens (tertiary/aromatic N) is 2. The molecule has 3 aromatic carbocycles. The number of aromatic nitrogens is 2. The Morgan fingerprint density at radius 2 is 1.48 bits per heavy atom. The Bertz CT molecular complexity index is 1080. The molecule has 0 spiro atoms. The van der Waals surface area contributed by atoms with Gasteiger partial charge in [0.1, 0.15) is 6.04 Å². The number of benzene rings is 3. The van der Waals surface area contributed by atoms with Crippen molar-refractivity contribution < 1.29 is 17.6 Å². The number of hydrogen-bond donors (Lipinski definition) is 1. The van der Waals surface area contributed by atoms with Gasteiger partial charge in [0.15, 0.2) is 0 Å². The standard InChI is InChI=1S/C22H16F3N3O/c23-22(24,25)17-12-7-13-18(14-17)26-19(15-8-3-1-4-9-15)21-28-27-20(29-21)16-10-5-2-6-11-16/h1-14,19,26H. The van der Waals surface area contributed by atoms with Gasteiger partial charge in [-0.2, -0.15) is 13.2 Å². The fraction of sp³-hybridized carbons (Fsp3) is 0.0909. The second-order valence-electron chi connectivity index (χ2n) is 6.38. The molecule has 0 aliphatic heterocycles. The Balaban J connectivity index is 1.70. The highest BCUT2D eigenvalue weighted by Gasteiger charge is 2.31. The van der Waals surface area contributed by atoms with E-state index in [2.05, 4.69) is 15.5 Å². The fourth-order valence-electron chi connectivity index (χ4n) is 2.93. The molecule has 1 aromatic heterocycles. The zero-order valence-electron chi connectivity index (χ0n) is 15.1. The Hall–Kier alpha value is -3.61. The first-order chi connectivity index (χ1) is 14.0. The number of alkyl halides is 3. The maximum absolute atomic E-state index is 13.1. The predicted molar refractivity (Wildman–Crippen MR) is 103 cm³/mol. The van der Waals surface area contributed by atoms with E-state index in [0.717, 1.165) is 23.3 Å². The van der Waals surface area contributed by atoms with Crippen LogP contribution in [0.15, 0.2) is 89.3 Å². The van der Waals surface area contributed by atoms with Crippen LogP contribution in [-0.4, -0.2) is 10.2 Å². The highest BCUT2D eigenvalue weighted by Crippen LogP contribution is 2.33. The van der Waals surface area contributed by atoms with Crippen molar-refractivity contribution in [1.82, 2.24) is 10.2 Å². The third kappa shape index (κ3) is 4.29. The smallest absolute Gasteiger partial charge is 0.416 e. The molecular formula is C22H16F3N3O. The fourth-order valence-corrected chi connectivity index (χ4v) is 2.93. The van der Waals surface area contributed by atoms with E-state index in [1.54, 1.807) is 6.07 Å². The van der Waals surface area contributed by atoms with E-state index < -0.39 is 17.8 Å². The highest BCUT2D eigenvalue weighted by atomic mass is 19.4. The lowest BCUT2D eigenvalue weighted by atomic mass is 10.1. The van der Waals surface area contributed by atoms with Gasteiger partial charge in [0.2, 0.25) is 11.8 Å². The molecule has 0 saturated heterocycles. The topological polar surface area (TPSA) is 51.0 Å². The quantitative estimate of drug-likeness (QED) is 0.453. The van der Waals surface area contributed by atoms with E-state index in [4.69, 9.17) is 4.42 Å². The molecule has 0 radical (unpaired) electrons. The summed E-state index contributed by atoms with van der Waals surface area (Å²) in [6, 6.07) is 22.9. The summed E-state index contributed by atoms with van der Waals surface area (Å²) in [5.74, 6) is 0.597. The molecule has 1 atom stereocenters. The summed E-state index contributed by atoms with van der Waals surface area (Å²) in [6.45, 7) is 0. The number of anilines is 1. The van der Waals surface area contributed by atoms with Crippen LogP contribution in [0.25, 0.3) is 11.5 Å². The second kappa shape index (κ2) is 7.79. The Kier molecular flexibility index (Phi) is 5.03. The molecule has 1 N–H and O–H groups in total. The molecule has 0 aliphatic carbocycles. The number of nitrogens with one attached hydrogen (secondary N) is 1.